The minimum atomic E-state index is -0.366. The number of halogens is 1. The van der Waals surface area contributed by atoms with Gasteiger partial charge in [-0.2, -0.15) is 0 Å². The van der Waals surface area contributed by atoms with Crippen molar-refractivity contribution in [2.75, 3.05) is 5.32 Å². The summed E-state index contributed by atoms with van der Waals surface area (Å²) in [5, 5.41) is 11.4. The van der Waals surface area contributed by atoms with Crippen LogP contribution < -0.4 is 5.32 Å². The highest BCUT2D eigenvalue weighted by Gasteiger charge is 2.17. The van der Waals surface area contributed by atoms with Gasteiger partial charge in [-0.25, -0.2) is 4.39 Å². The van der Waals surface area contributed by atoms with Gasteiger partial charge in [-0.05, 0) is 49.2 Å². The maximum Gasteiger partial charge on any atom is 0.255 e. The summed E-state index contributed by atoms with van der Waals surface area (Å²) < 4.78 is 15.1. The van der Waals surface area contributed by atoms with E-state index in [4.69, 9.17) is 0 Å². The minimum absolute atomic E-state index is 0.277. The van der Waals surface area contributed by atoms with E-state index < -0.39 is 0 Å². The first kappa shape index (κ1) is 15.5. The molecule has 1 amide bonds. The lowest BCUT2D eigenvalue weighted by Gasteiger charge is -2.15. The highest BCUT2D eigenvalue weighted by atomic mass is 19.1. The molecule has 25 heavy (non-hydrogen) atoms. The fourth-order valence-electron chi connectivity index (χ4n) is 3.06. The van der Waals surface area contributed by atoms with Gasteiger partial charge in [-0.1, -0.05) is 12.1 Å². The molecule has 2 aromatic carbocycles. The molecule has 0 saturated heterocycles. The van der Waals surface area contributed by atoms with Crippen LogP contribution in [0.3, 0.4) is 0 Å². The Morgan fingerprint density at radius 3 is 2.76 bits per heavy atom. The molecule has 0 radical (unpaired) electrons. The topological polar surface area (TPSA) is 59.8 Å². The molecule has 2 heterocycles. The second kappa shape index (κ2) is 6.47. The van der Waals surface area contributed by atoms with Crippen molar-refractivity contribution in [3.63, 3.8) is 0 Å². The predicted octanol–water partition coefficient (Wildman–Crippen LogP) is 3.67. The van der Waals surface area contributed by atoms with Crippen LogP contribution in [-0.2, 0) is 13.0 Å². The molecule has 1 aliphatic rings. The number of carbonyl (C=O) groups is 1. The van der Waals surface area contributed by atoms with Gasteiger partial charge >= 0.3 is 0 Å². The van der Waals surface area contributed by atoms with Crippen molar-refractivity contribution < 1.29 is 9.18 Å². The van der Waals surface area contributed by atoms with Crippen LogP contribution in [0, 0.1) is 5.82 Å². The molecular formula is C19H17FN4O. The van der Waals surface area contributed by atoms with E-state index in [9.17, 15) is 9.18 Å². The first-order valence-electron chi connectivity index (χ1n) is 8.30. The second-order valence-electron chi connectivity index (χ2n) is 6.09. The molecule has 1 aromatic heterocycles. The number of nitrogens with zero attached hydrogens (tertiary/aromatic N) is 3. The van der Waals surface area contributed by atoms with Crippen molar-refractivity contribution in [3.05, 3.63) is 65.7 Å². The molecule has 4 rings (SSSR count). The number of benzene rings is 2. The Morgan fingerprint density at radius 1 is 1.08 bits per heavy atom. The molecule has 0 aliphatic carbocycles. The van der Waals surface area contributed by atoms with Gasteiger partial charge in [0.2, 0.25) is 0 Å². The van der Waals surface area contributed by atoms with Crippen LogP contribution >= 0.6 is 0 Å². The Morgan fingerprint density at radius 2 is 1.92 bits per heavy atom. The van der Waals surface area contributed by atoms with E-state index in [1.165, 1.54) is 24.3 Å². The summed E-state index contributed by atoms with van der Waals surface area (Å²) in [7, 11) is 0. The number of carbonyl (C=O) groups excluding carboxylic acids is 1. The zero-order chi connectivity index (χ0) is 17.2. The van der Waals surface area contributed by atoms with Crippen LogP contribution in [0.4, 0.5) is 10.1 Å². The minimum Gasteiger partial charge on any atom is -0.322 e. The van der Waals surface area contributed by atoms with Gasteiger partial charge in [0.05, 0.1) is 0 Å². The van der Waals surface area contributed by atoms with Crippen molar-refractivity contribution >= 4 is 11.6 Å². The average Bonchev–Trinajstić information content (AvgIpc) is 3.06. The van der Waals surface area contributed by atoms with Gasteiger partial charge in [0, 0.05) is 29.8 Å². The summed E-state index contributed by atoms with van der Waals surface area (Å²) >= 11 is 0. The molecule has 3 aromatic rings. The lowest BCUT2D eigenvalue weighted by molar-refractivity contribution is 0.102. The van der Waals surface area contributed by atoms with Gasteiger partial charge in [-0.3, -0.25) is 4.79 Å². The van der Waals surface area contributed by atoms with E-state index >= 15 is 0 Å². The molecular weight excluding hydrogens is 319 g/mol. The second-order valence-corrected chi connectivity index (χ2v) is 6.09. The molecule has 0 saturated carbocycles. The molecule has 1 aliphatic heterocycles. The number of amides is 1. The van der Waals surface area contributed by atoms with Crippen molar-refractivity contribution in [2.24, 2.45) is 0 Å². The van der Waals surface area contributed by atoms with Gasteiger partial charge < -0.3 is 9.88 Å². The standard InChI is InChI=1S/C19H17FN4O/c20-15-9-7-13(8-10-15)19(25)21-16-5-3-4-14(12-16)18-23-22-17-6-1-2-11-24(17)18/h3-5,7-10,12H,1-2,6,11H2,(H,21,25). The number of hydrogen-bond donors (Lipinski definition) is 1. The number of fused-ring (bicyclic) bond motifs is 1. The Balaban J connectivity index is 1.58. The molecule has 6 heteroatoms. The van der Waals surface area contributed by atoms with Crippen molar-refractivity contribution in [2.45, 2.75) is 25.8 Å². The average molecular weight is 336 g/mol. The van der Waals surface area contributed by atoms with E-state index in [1.54, 1.807) is 0 Å². The molecule has 0 spiro atoms. The van der Waals surface area contributed by atoms with Gasteiger partial charge in [-0.15, -0.1) is 10.2 Å². The first-order valence-corrected chi connectivity index (χ1v) is 8.30. The van der Waals surface area contributed by atoms with E-state index in [0.717, 1.165) is 43.0 Å². The van der Waals surface area contributed by atoms with Gasteiger partial charge in [0.1, 0.15) is 11.6 Å². The first-order chi connectivity index (χ1) is 12.2. The molecule has 0 unspecified atom stereocenters. The molecule has 1 N–H and O–H groups in total. The molecule has 0 fully saturated rings. The maximum atomic E-state index is 13.0. The number of aryl methyl sites for hydroxylation is 1. The van der Waals surface area contributed by atoms with E-state index in [0.29, 0.717) is 11.3 Å². The normalized spacial score (nSPS) is 13.3. The summed E-state index contributed by atoms with van der Waals surface area (Å²) in [6, 6.07) is 13.0. The highest BCUT2D eigenvalue weighted by Crippen LogP contribution is 2.25. The van der Waals surface area contributed by atoms with Gasteiger partial charge in [0.15, 0.2) is 5.82 Å². The van der Waals surface area contributed by atoms with Crippen LogP contribution in [0.15, 0.2) is 48.5 Å². The van der Waals surface area contributed by atoms with Crippen LogP contribution in [0.2, 0.25) is 0 Å². The van der Waals surface area contributed by atoms with Crippen LogP contribution in [0.25, 0.3) is 11.4 Å². The van der Waals surface area contributed by atoms with Crippen LogP contribution in [0.1, 0.15) is 29.0 Å². The molecule has 126 valence electrons. The summed E-state index contributed by atoms with van der Waals surface area (Å²) in [6.45, 7) is 0.920. The Labute approximate surface area is 144 Å². The fourth-order valence-corrected chi connectivity index (χ4v) is 3.06. The summed E-state index contributed by atoms with van der Waals surface area (Å²) in [5.74, 6) is 1.20. The van der Waals surface area contributed by atoms with Crippen LogP contribution in [-0.4, -0.2) is 20.7 Å². The third-order valence-corrected chi connectivity index (χ3v) is 4.34. The zero-order valence-corrected chi connectivity index (χ0v) is 13.6. The van der Waals surface area contributed by atoms with E-state index in [1.807, 2.05) is 24.3 Å². The third-order valence-electron chi connectivity index (χ3n) is 4.34. The molecule has 0 bridgehead atoms. The fraction of sp³-hybridized carbons (Fsp3) is 0.211. The maximum absolute atomic E-state index is 13.0. The highest BCUT2D eigenvalue weighted by molar-refractivity contribution is 6.04. The third kappa shape index (κ3) is 3.15. The number of nitrogens with one attached hydrogen (secondary N) is 1. The summed E-state index contributed by atoms with van der Waals surface area (Å²) in [6.07, 6.45) is 3.22. The summed E-state index contributed by atoms with van der Waals surface area (Å²) in [4.78, 5) is 12.3. The van der Waals surface area contributed by atoms with E-state index in [-0.39, 0.29) is 11.7 Å². The van der Waals surface area contributed by atoms with Crippen molar-refractivity contribution in [1.82, 2.24) is 14.8 Å². The Hall–Kier alpha value is -3.02. The summed E-state index contributed by atoms with van der Waals surface area (Å²) in [5.41, 5.74) is 1.99. The largest absolute Gasteiger partial charge is 0.322 e. The number of anilines is 1. The van der Waals surface area contributed by atoms with Crippen molar-refractivity contribution in [1.29, 1.82) is 0 Å². The number of rotatable bonds is 3. The predicted molar refractivity (Wildman–Crippen MR) is 92.7 cm³/mol. The monoisotopic (exact) mass is 336 g/mol. The SMILES string of the molecule is O=C(Nc1cccc(-c2nnc3n2CCCC3)c1)c1ccc(F)cc1. The quantitative estimate of drug-likeness (QED) is 0.794. The number of hydrogen-bond acceptors (Lipinski definition) is 3. The van der Waals surface area contributed by atoms with Crippen molar-refractivity contribution in [3.8, 4) is 11.4 Å². The number of aromatic nitrogens is 3. The smallest absolute Gasteiger partial charge is 0.255 e. The van der Waals surface area contributed by atoms with Gasteiger partial charge in [0.25, 0.3) is 5.91 Å². The van der Waals surface area contributed by atoms with Crippen LogP contribution in [0.5, 0.6) is 0 Å². The lowest BCUT2D eigenvalue weighted by Crippen LogP contribution is -2.12. The lowest BCUT2D eigenvalue weighted by atomic mass is 10.1. The Kier molecular flexibility index (Phi) is 4.01. The van der Waals surface area contributed by atoms with E-state index in [2.05, 4.69) is 20.1 Å². The Bertz CT molecular complexity index is 917. The molecule has 0 atom stereocenters. The molecule has 5 nitrogen and oxygen atoms in total. The zero-order valence-electron chi connectivity index (χ0n) is 13.6.